The first-order valence-corrected chi connectivity index (χ1v) is 17.8. The number of carbonyl (C=O) groups excluding carboxylic acids is 7. The van der Waals surface area contributed by atoms with E-state index in [9.17, 15) is 38.7 Å². The summed E-state index contributed by atoms with van der Waals surface area (Å²) in [7, 11) is 0. The van der Waals surface area contributed by atoms with Crippen LogP contribution in [-0.2, 0) is 61.9 Å². The number of rotatable bonds is 7. The molecule has 15 nitrogen and oxygen atoms in total. The van der Waals surface area contributed by atoms with E-state index in [1.807, 2.05) is 0 Å². The van der Waals surface area contributed by atoms with Crippen molar-refractivity contribution in [3.63, 3.8) is 0 Å². The fourth-order valence-electron chi connectivity index (χ4n) is 8.45. The predicted octanol–water partition coefficient (Wildman–Crippen LogP) is 3.42. The van der Waals surface area contributed by atoms with Crippen LogP contribution >= 0.6 is 0 Å². The number of benzene rings is 1. The molecule has 12 atom stereocenters. The molecule has 12 unspecified atom stereocenters. The lowest BCUT2D eigenvalue weighted by Gasteiger charge is -2.51. The van der Waals surface area contributed by atoms with Crippen LogP contribution in [0.25, 0.3) is 0 Å². The number of fused-ring (bicyclic) bond motifs is 4. The lowest BCUT2D eigenvalue weighted by atomic mass is 9.70. The Bertz CT molecular complexity index is 1690. The molecule has 2 bridgehead atoms. The molecule has 1 aromatic carbocycles. The molecule has 0 amide bonds. The molecule has 15 heteroatoms. The van der Waals surface area contributed by atoms with E-state index in [4.69, 9.17) is 33.2 Å². The zero-order valence-electron chi connectivity index (χ0n) is 32.2. The largest absolute Gasteiger partial charge is 0.462 e. The molecule has 1 aromatic rings. The van der Waals surface area contributed by atoms with Gasteiger partial charge in [0.05, 0.1) is 17.4 Å². The lowest BCUT2D eigenvalue weighted by Crippen LogP contribution is -2.67. The van der Waals surface area contributed by atoms with Gasteiger partial charge in [0.1, 0.15) is 18.3 Å². The highest BCUT2D eigenvalue weighted by Crippen LogP contribution is 2.60. The average molecular weight is 759 g/mol. The summed E-state index contributed by atoms with van der Waals surface area (Å²) in [6.45, 7) is 17.2. The topological polar surface area (TPSA) is 204 Å². The maximum absolute atomic E-state index is 14.5. The van der Waals surface area contributed by atoms with Crippen molar-refractivity contribution >= 4 is 41.6 Å². The van der Waals surface area contributed by atoms with Gasteiger partial charge in [-0.25, -0.2) is 4.79 Å². The van der Waals surface area contributed by atoms with Crippen molar-refractivity contribution < 1.29 is 71.8 Å². The monoisotopic (exact) mass is 758 g/mol. The third kappa shape index (κ3) is 7.65. The second-order valence-corrected chi connectivity index (χ2v) is 15.1. The first kappa shape index (κ1) is 42.1. The Morgan fingerprint density at radius 3 is 1.81 bits per heavy atom. The molecule has 4 rings (SSSR count). The van der Waals surface area contributed by atoms with Gasteiger partial charge in [-0.05, 0) is 30.0 Å². The highest BCUT2D eigenvalue weighted by atomic mass is 16.7. The molecule has 0 radical (unpaired) electrons. The van der Waals surface area contributed by atoms with Crippen LogP contribution in [0.15, 0.2) is 42.5 Å². The summed E-state index contributed by atoms with van der Waals surface area (Å²) in [5.41, 5.74) is -3.89. The van der Waals surface area contributed by atoms with Crippen LogP contribution in [0.1, 0.15) is 86.0 Å². The number of ketones is 1. The van der Waals surface area contributed by atoms with Crippen molar-refractivity contribution in [1.82, 2.24) is 0 Å². The first-order valence-electron chi connectivity index (χ1n) is 17.8. The van der Waals surface area contributed by atoms with Crippen LogP contribution < -0.4 is 0 Å². The Balaban J connectivity index is 2.17. The number of aliphatic hydroxyl groups is 1. The number of hydrogen-bond donors (Lipinski definition) is 1. The molecule has 2 heterocycles. The fraction of sp³-hybridized carbons (Fsp3) is 0.615. The first-order chi connectivity index (χ1) is 25.0. The van der Waals surface area contributed by atoms with E-state index in [0.29, 0.717) is 0 Å². The number of ether oxygens (including phenoxy) is 7. The predicted molar refractivity (Wildman–Crippen MR) is 186 cm³/mol. The summed E-state index contributed by atoms with van der Waals surface area (Å²) < 4.78 is 42.2. The minimum Gasteiger partial charge on any atom is -0.462 e. The van der Waals surface area contributed by atoms with Gasteiger partial charge in [0.15, 0.2) is 29.7 Å². The summed E-state index contributed by atoms with van der Waals surface area (Å²) in [4.78, 5) is 92.9. The maximum atomic E-state index is 14.5. The fourth-order valence-corrected chi connectivity index (χ4v) is 8.45. The zero-order chi connectivity index (χ0) is 40.7. The Kier molecular flexibility index (Phi) is 12.2. The van der Waals surface area contributed by atoms with Crippen molar-refractivity contribution in [2.45, 2.75) is 124 Å². The minimum atomic E-state index is -2.70. The third-order valence-corrected chi connectivity index (χ3v) is 10.8. The van der Waals surface area contributed by atoms with Crippen LogP contribution in [0.2, 0.25) is 0 Å². The molecule has 0 spiro atoms. The van der Waals surface area contributed by atoms with Crippen molar-refractivity contribution in [1.29, 1.82) is 0 Å². The van der Waals surface area contributed by atoms with Crippen molar-refractivity contribution in [3.8, 4) is 0 Å². The van der Waals surface area contributed by atoms with Crippen LogP contribution in [-0.4, -0.2) is 94.7 Å². The van der Waals surface area contributed by atoms with Crippen molar-refractivity contribution in [2.24, 2.45) is 29.1 Å². The van der Waals surface area contributed by atoms with Crippen LogP contribution in [0.4, 0.5) is 0 Å². The Morgan fingerprint density at radius 2 is 1.30 bits per heavy atom. The molecule has 1 aliphatic carbocycles. The Hall–Kier alpha value is -4.63. The molecule has 3 aliphatic rings. The van der Waals surface area contributed by atoms with Crippen LogP contribution in [0, 0.1) is 29.1 Å². The average Bonchev–Trinajstić information content (AvgIpc) is 3.48. The summed E-state index contributed by atoms with van der Waals surface area (Å²) in [6, 6.07) is 7.85. The number of carbonyl (C=O) groups is 7. The van der Waals surface area contributed by atoms with Crippen molar-refractivity contribution in [2.75, 3.05) is 0 Å². The van der Waals surface area contributed by atoms with E-state index in [2.05, 4.69) is 6.58 Å². The molecule has 2 saturated heterocycles. The number of esters is 6. The molecular weight excluding hydrogens is 708 g/mol. The van der Waals surface area contributed by atoms with Crippen LogP contribution in [0.3, 0.4) is 0 Å². The summed E-state index contributed by atoms with van der Waals surface area (Å²) >= 11 is 0. The molecule has 0 aromatic heterocycles. The molecule has 1 saturated carbocycles. The van der Waals surface area contributed by atoms with E-state index in [-0.39, 0.29) is 17.6 Å². The number of Topliss-reactive ketones (excluding diaryl/α,β-unsaturated/α-hetero) is 1. The van der Waals surface area contributed by atoms with Gasteiger partial charge in [-0.15, -0.1) is 0 Å². The zero-order valence-corrected chi connectivity index (χ0v) is 32.2. The normalized spacial score (nSPS) is 36.0. The molecular formula is C39H50O15. The third-order valence-electron chi connectivity index (χ3n) is 10.8. The molecule has 2 aliphatic heterocycles. The SMILES string of the molecule is C=C1C(C)C(OC(=O)c2ccccc2)C2C(OC(C)=O)C(C)CC2(OC(C)=O)C2(O)OC(C(=O)C2C)C(C)(C)C(OC(C)=O)C(OC(C)=O)C1OC(C)=O. The number of hydrogen-bond acceptors (Lipinski definition) is 15. The van der Waals surface area contributed by atoms with Crippen LogP contribution in [0.5, 0.6) is 0 Å². The second-order valence-electron chi connectivity index (χ2n) is 15.1. The van der Waals surface area contributed by atoms with E-state index in [0.717, 1.165) is 34.6 Å². The summed E-state index contributed by atoms with van der Waals surface area (Å²) in [6.07, 6.45) is -9.67. The Labute approximate surface area is 313 Å². The van der Waals surface area contributed by atoms with Gasteiger partial charge in [-0.3, -0.25) is 28.8 Å². The van der Waals surface area contributed by atoms with E-state index < -0.39 is 119 Å². The minimum absolute atomic E-state index is 0.0340. The highest BCUT2D eigenvalue weighted by Gasteiger charge is 2.77. The van der Waals surface area contributed by atoms with Gasteiger partial charge in [-0.1, -0.05) is 59.4 Å². The van der Waals surface area contributed by atoms with Gasteiger partial charge in [-0.2, -0.15) is 0 Å². The van der Waals surface area contributed by atoms with Gasteiger partial charge >= 0.3 is 35.8 Å². The maximum Gasteiger partial charge on any atom is 0.338 e. The molecule has 296 valence electrons. The smallest absolute Gasteiger partial charge is 0.338 e. The van der Waals surface area contributed by atoms with E-state index in [1.165, 1.54) is 39.8 Å². The van der Waals surface area contributed by atoms with Crippen molar-refractivity contribution in [3.05, 3.63) is 48.0 Å². The van der Waals surface area contributed by atoms with Gasteiger partial charge < -0.3 is 38.3 Å². The Morgan fingerprint density at radius 1 is 0.759 bits per heavy atom. The molecule has 54 heavy (non-hydrogen) atoms. The van der Waals surface area contributed by atoms with Gasteiger partial charge in [0, 0.05) is 46.0 Å². The second kappa shape index (κ2) is 15.6. The quantitative estimate of drug-likeness (QED) is 0.240. The van der Waals surface area contributed by atoms with Gasteiger partial charge in [0.2, 0.25) is 5.79 Å². The van der Waals surface area contributed by atoms with E-state index >= 15 is 0 Å². The summed E-state index contributed by atoms with van der Waals surface area (Å²) in [5, 5.41) is 13.0. The molecule has 3 fully saturated rings. The summed E-state index contributed by atoms with van der Waals surface area (Å²) in [5.74, 6) is -13.5. The lowest BCUT2D eigenvalue weighted by molar-refractivity contribution is -0.337. The highest BCUT2D eigenvalue weighted by molar-refractivity contribution is 5.90. The van der Waals surface area contributed by atoms with E-state index in [1.54, 1.807) is 25.1 Å². The van der Waals surface area contributed by atoms with Gasteiger partial charge in [0.25, 0.3) is 0 Å². The molecule has 1 N–H and O–H groups in total. The standard InChI is InChI=1S/C39H50O15/c1-18-17-38(53-26(9)44)28(30(18)48-22(5)40)31(52-36(46)27-15-13-12-14-16-27)19(2)20(3)32(49-23(6)41)33(50-24(7)42)35(51-25(8)43)37(10,11)34-29(45)21(4)39(38,47)54-34/h12-16,18-19,21,28,30-35,47H,3,17H2,1-2,4-11H3.